The number of alkyl halides is 6. The zero-order chi connectivity index (χ0) is 36.6. The lowest BCUT2D eigenvalue weighted by Crippen LogP contribution is -2.55. The third kappa shape index (κ3) is 6.72. The summed E-state index contributed by atoms with van der Waals surface area (Å²) in [7, 11) is 0. The van der Waals surface area contributed by atoms with E-state index in [1.54, 1.807) is 60.7 Å². The number of rotatable bonds is 4. The van der Waals surface area contributed by atoms with E-state index in [2.05, 4.69) is 23.7 Å². The van der Waals surface area contributed by atoms with Crippen LogP contribution in [0.1, 0.15) is 54.1 Å². The molecule has 0 fully saturated rings. The zero-order valence-electron chi connectivity index (χ0n) is 26.0. The van der Waals surface area contributed by atoms with Crippen molar-refractivity contribution in [2.75, 3.05) is 0 Å². The van der Waals surface area contributed by atoms with E-state index < -0.39 is 63.1 Å². The topological polar surface area (TPSA) is 74.6 Å². The van der Waals surface area contributed by atoms with Gasteiger partial charge < -0.3 is 10.2 Å². The number of benzene rings is 6. The van der Waals surface area contributed by atoms with Gasteiger partial charge in [0.2, 0.25) is 5.41 Å². The average Bonchev–Trinajstić information content (AvgIpc) is 3.08. The summed E-state index contributed by atoms with van der Waals surface area (Å²) in [6.07, 6.45) is -12.3. The summed E-state index contributed by atoms with van der Waals surface area (Å²) in [5.41, 5.74) is -9.84. The van der Waals surface area contributed by atoms with Crippen molar-refractivity contribution in [3.8, 4) is 23.7 Å². The van der Waals surface area contributed by atoms with Gasteiger partial charge in [0.1, 0.15) is 0 Å². The summed E-state index contributed by atoms with van der Waals surface area (Å²) in [6.45, 7) is 0. The summed E-state index contributed by atoms with van der Waals surface area (Å²) < 4.78 is 91.7. The van der Waals surface area contributed by atoms with Gasteiger partial charge in [0.05, 0.1) is 11.1 Å². The van der Waals surface area contributed by atoms with Crippen LogP contribution in [0.4, 0.5) is 26.3 Å². The van der Waals surface area contributed by atoms with Crippen molar-refractivity contribution in [3.63, 3.8) is 0 Å². The maximum Gasteiger partial charge on any atom is 0.411 e. The summed E-state index contributed by atoms with van der Waals surface area (Å²) in [4.78, 5) is 24.2. The molecule has 0 heterocycles. The predicted molar refractivity (Wildman–Crippen MR) is 180 cm³/mol. The molecule has 4 nitrogen and oxygen atoms in total. The fraction of sp³-hybridized carbons (Fsp3) is 0.0732. The highest BCUT2D eigenvalue weighted by atomic mass is 19.4. The van der Waals surface area contributed by atoms with Crippen LogP contribution < -0.4 is 0 Å². The molecule has 0 saturated heterocycles. The van der Waals surface area contributed by atoms with Crippen molar-refractivity contribution in [2.24, 2.45) is 0 Å². The smallest absolute Gasteiger partial charge is 0.411 e. The number of aromatic carboxylic acids is 2. The van der Waals surface area contributed by atoms with Crippen LogP contribution in [0.15, 0.2) is 121 Å². The van der Waals surface area contributed by atoms with Crippen molar-refractivity contribution in [2.45, 2.75) is 17.8 Å². The molecule has 6 rings (SSSR count). The van der Waals surface area contributed by atoms with Crippen LogP contribution in [0.2, 0.25) is 0 Å². The second-order valence-electron chi connectivity index (χ2n) is 11.6. The van der Waals surface area contributed by atoms with E-state index in [1.807, 2.05) is 24.3 Å². The Morgan fingerprint density at radius 2 is 0.784 bits per heavy atom. The van der Waals surface area contributed by atoms with Crippen molar-refractivity contribution >= 4 is 33.5 Å². The van der Waals surface area contributed by atoms with Crippen molar-refractivity contribution in [1.29, 1.82) is 0 Å². The molecule has 0 atom stereocenters. The molecular formula is C41H22F6O4. The maximum absolute atomic E-state index is 15.3. The van der Waals surface area contributed by atoms with Gasteiger partial charge in [-0.25, -0.2) is 9.59 Å². The van der Waals surface area contributed by atoms with Crippen LogP contribution in [0.5, 0.6) is 0 Å². The van der Waals surface area contributed by atoms with Gasteiger partial charge in [0.25, 0.3) is 0 Å². The molecule has 0 saturated carbocycles. The summed E-state index contributed by atoms with van der Waals surface area (Å²) >= 11 is 0. The highest BCUT2D eigenvalue weighted by molar-refractivity contribution is 5.90. The predicted octanol–water partition coefficient (Wildman–Crippen LogP) is 9.60. The summed E-state index contributed by atoms with van der Waals surface area (Å²) in [5, 5.41) is 22.8. The van der Waals surface area contributed by atoms with E-state index >= 15 is 26.3 Å². The molecule has 10 heteroatoms. The maximum atomic E-state index is 15.3. The highest BCUT2D eigenvalue weighted by Crippen LogP contribution is 2.56. The Hall–Kier alpha value is -6.52. The van der Waals surface area contributed by atoms with E-state index in [4.69, 9.17) is 0 Å². The Bertz CT molecular complexity index is 2320. The monoisotopic (exact) mass is 692 g/mol. The second kappa shape index (κ2) is 13.1. The van der Waals surface area contributed by atoms with Crippen LogP contribution in [-0.4, -0.2) is 34.5 Å². The SMILES string of the molecule is O=C(O)c1cc(C#Cc2ccc3ccccc3c2)cc(C(c2cc(C#Cc3ccc4ccccc4c3)cc(C(=O)O)c2)(C(F)(F)F)C(F)(F)F)c1. The molecule has 0 amide bonds. The number of carbonyl (C=O) groups is 2. The summed E-state index contributed by atoms with van der Waals surface area (Å²) in [6, 6.07) is 27.7. The molecule has 51 heavy (non-hydrogen) atoms. The lowest BCUT2D eigenvalue weighted by atomic mass is 9.71. The van der Waals surface area contributed by atoms with Gasteiger partial charge in [0, 0.05) is 22.3 Å². The molecule has 252 valence electrons. The van der Waals surface area contributed by atoms with Crippen LogP contribution in [0.3, 0.4) is 0 Å². The zero-order valence-corrected chi connectivity index (χ0v) is 26.0. The normalized spacial score (nSPS) is 11.7. The molecular weight excluding hydrogens is 670 g/mol. The van der Waals surface area contributed by atoms with Gasteiger partial charge in [-0.15, -0.1) is 0 Å². The molecule has 0 radical (unpaired) electrons. The van der Waals surface area contributed by atoms with Crippen LogP contribution in [-0.2, 0) is 5.41 Å². The molecule has 0 unspecified atom stereocenters. The van der Waals surface area contributed by atoms with Crippen molar-refractivity contribution in [3.05, 3.63) is 166 Å². The first-order valence-electron chi connectivity index (χ1n) is 15.1. The molecule has 0 aliphatic heterocycles. The van der Waals surface area contributed by atoms with Crippen molar-refractivity contribution < 1.29 is 46.1 Å². The Balaban J connectivity index is 1.56. The van der Waals surface area contributed by atoms with Gasteiger partial charge in [-0.1, -0.05) is 84.3 Å². The number of carboxylic acid groups (broad SMARTS) is 2. The van der Waals surface area contributed by atoms with E-state index in [-0.39, 0.29) is 12.1 Å². The van der Waals surface area contributed by atoms with E-state index in [0.717, 1.165) is 33.7 Å². The Labute approximate surface area is 286 Å². The first-order chi connectivity index (χ1) is 24.2. The highest BCUT2D eigenvalue weighted by Gasteiger charge is 2.72. The van der Waals surface area contributed by atoms with E-state index in [9.17, 15) is 19.8 Å². The van der Waals surface area contributed by atoms with Gasteiger partial charge in [-0.3, -0.25) is 0 Å². The number of fused-ring (bicyclic) bond motifs is 2. The fourth-order valence-electron chi connectivity index (χ4n) is 5.88. The first kappa shape index (κ1) is 34.3. The largest absolute Gasteiger partial charge is 0.478 e. The lowest BCUT2D eigenvalue weighted by molar-refractivity contribution is -0.288. The Morgan fingerprint density at radius 3 is 1.14 bits per heavy atom. The molecule has 0 spiro atoms. The number of hydrogen-bond donors (Lipinski definition) is 2. The molecule has 6 aromatic carbocycles. The minimum absolute atomic E-state index is 0.276. The standard InChI is InChI=1S/C41H22F6O4/c42-40(43,44)39(41(45,46)47,35-21-27(19-33(23-35)37(48)49)11-9-25-13-15-29-5-1-3-7-31(29)17-25)36-22-28(20-34(24-36)38(50)51)12-10-26-14-16-30-6-2-4-8-32(30)18-26/h1-8,13-24H,(H,48,49)(H,50,51). The van der Waals surface area contributed by atoms with Gasteiger partial charge in [-0.05, 0) is 93.3 Å². The van der Waals surface area contributed by atoms with Crippen molar-refractivity contribution in [1.82, 2.24) is 0 Å². The minimum atomic E-state index is -6.16. The minimum Gasteiger partial charge on any atom is -0.478 e. The third-order valence-corrected chi connectivity index (χ3v) is 8.28. The van der Waals surface area contributed by atoms with Crippen LogP contribution in [0.25, 0.3) is 21.5 Å². The molecule has 6 aromatic rings. The van der Waals surface area contributed by atoms with Gasteiger partial charge in [-0.2, -0.15) is 26.3 Å². The first-order valence-corrected chi connectivity index (χ1v) is 15.1. The third-order valence-electron chi connectivity index (χ3n) is 8.28. The Morgan fingerprint density at radius 1 is 0.431 bits per heavy atom. The van der Waals surface area contributed by atoms with E-state index in [1.165, 1.54) is 0 Å². The number of halogens is 6. The average molecular weight is 693 g/mol. The summed E-state index contributed by atoms with van der Waals surface area (Å²) in [5.74, 6) is 6.81. The Kier molecular flexibility index (Phi) is 8.80. The number of hydrogen-bond acceptors (Lipinski definition) is 2. The molecule has 0 aromatic heterocycles. The molecule has 0 bridgehead atoms. The van der Waals surface area contributed by atoms with E-state index in [0.29, 0.717) is 23.3 Å². The van der Waals surface area contributed by atoms with Crippen LogP contribution >= 0.6 is 0 Å². The fourth-order valence-corrected chi connectivity index (χ4v) is 5.88. The lowest BCUT2D eigenvalue weighted by Gasteiger charge is -2.38. The second-order valence-corrected chi connectivity index (χ2v) is 11.6. The number of carboxylic acids is 2. The molecule has 0 aliphatic rings. The van der Waals surface area contributed by atoms with Crippen LogP contribution in [0, 0.1) is 23.7 Å². The van der Waals surface area contributed by atoms with Gasteiger partial charge >= 0.3 is 24.3 Å². The van der Waals surface area contributed by atoms with Gasteiger partial charge in [0.15, 0.2) is 0 Å². The quantitative estimate of drug-likeness (QED) is 0.143. The molecule has 2 N–H and O–H groups in total. The molecule has 0 aliphatic carbocycles.